The van der Waals surface area contributed by atoms with Gasteiger partial charge < -0.3 is 0 Å². The van der Waals surface area contributed by atoms with Crippen molar-refractivity contribution in [2.45, 2.75) is 46.0 Å². The fraction of sp³-hybridized carbons (Fsp3) is 0.625. The summed E-state index contributed by atoms with van der Waals surface area (Å²) < 4.78 is 2.40. The normalized spacial score (nSPS) is 32.2. The Balaban J connectivity index is 2.23. The fourth-order valence-electron chi connectivity index (χ4n) is 2.94. The Morgan fingerprint density at radius 1 is 1.22 bits per heavy atom. The third kappa shape index (κ3) is 2.92. The molecule has 0 saturated heterocycles. The predicted octanol–water partition coefficient (Wildman–Crippen LogP) is 5.18. The van der Waals surface area contributed by atoms with Gasteiger partial charge in [0.15, 0.2) is 0 Å². The summed E-state index contributed by atoms with van der Waals surface area (Å²) >= 11 is 0. The Morgan fingerprint density at radius 2 is 1.89 bits per heavy atom. The van der Waals surface area contributed by atoms with E-state index >= 15 is 0 Å². The minimum absolute atomic E-state index is 0.829. The Hall–Kier alpha value is -0.470. The number of hydrogen-bond donors (Lipinski definition) is 0. The SMILES string of the molecule is CC(C)=CS1(N(C)C)C=CC(C2CCCCC2)=C1. The van der Waals surface area contributed by atoms with Crippen molar-refractivity contribution in [2.24, 2.45) is 5.92 Å². The average molecular weight is 265 g/mol. The standard InChI is InChI=1S/C16H27NS/c1-14(2)12-18(17(3)4)11-10-16(13-18)15-8-6-5-7-9-15/h10-13,15H,5-9H2,1-4H3. The van der Waals surface area contributed by atoms with Crippen molar-refractivity contribution < 1.29 is 0 Å². The molecule has 1 fully saturated rings. The molecular formula is C16H27NS. The summed E-state index contributed by atoms with van der Waals surface area (Å²) in [5.41, 5.74) is 3.03. The third-order valence-corrected chi connectivity index (χ3v) is 7.27. The van der Waals surface area contributed by atoms with Gasteiger partial charge in [-0.25, -0.2) is 0 Å². The summed E-state index contributed by atoms with van der Waals surface area (Å²) in [6.07, 6.45) is 9.48. The van der Waals surface area contributed by atoms with Gasteiger partial charge in [-0.15, -0.1) is 10.2 Å². The molecule has 0 aromatic carbocycles. The molecule has 2 aliphatic rings. The first kappa shape index (κ1) is 14.0. The van der Waals surface area contributed by atoms with Crippen molar-refractivity contribution in [1.82, 2.24) is 4.31 Å². The predicted molar refractivity (Wildman–Crippen MR) is 84.5 cm³/mol. The largest absolute Gasteiger partial charge is 0.264 e. The van der Waals surface area contributed by atoms with Crippen LogP contribution in [0.2, 0.25) is 0 Å². The molecule has 0 amide bonds. The van der Waals surface area contributed by atoms with E-state index in [1.54, 1.807) is 5.57 Å². The highest BCUT2D eigenvalue weighted by Gasteiger charge is 2.27. The smallest absolute Gasteiger partial charge is 0.00347 e. The van der Waals surface area contributed by atoms with Gasteiger partial charge in [-0.05, 0) is 68.5 Å². The molecule has 1 nitrogen and oxygen atoms in total. The molecule has 0 aromatic heterocycles. The second-order valence-corrected chi connectivity index (χ2v) is 8.91. The number of hydrogen-bond acceptors (Lipinski definition) is 1. The monoisotopic (exact) mass is 265 g/mol. The molecule has 0 N–H and O–H groups in total. The lowest BCUT2D eigenvalue weighted by atomic mass is 9.84. The van der Waals surface area contributed by atoms with Crippen LogP contribution in [0.5, 0.6) is 0 Å². The lowest BCUT2D eigenvalue weighted by Gasteiger charge is -2.36. The fourth-order valence-corrected chi connectivity index (χ4v) is 5.66. The van der Waals surface area contributed by atoms with Crippen LogP contribution < -0.4 is 0 Å². The second kappa shape index (κ2) is 5.66. The molecule has 1 saturated carbocycles. The van der Waals surface area contributed by atoms with Crippen molar-refractivity contribution in [3.05, 3.63) is 33.4 Å². The lowest BCUT2D eigenvalue weighted by molar-refractivity contribution is 0.409. The maximum Gasteiger partial charge on any atom is -0.00347 e. The maximum absolute atomic E-state index is 2.57. The quantitative estimate of drug-likeness (QED) is 0.679. The van der Waals surface area contributed by atoms with E-state index in [0.29, 0.717) is 0 Å². The molecule has 1 atom stereocenters. The van der Waals surface area contributed by atoms with Gasteiger partial charge in [-0.2, -0.15) is 0 Å². The van der Waals surface area contributed by atoms with Crippen LogP contribution in [0.15, 0.2) is 33.4 Å². The van der Waals surface area contributed by atoms with Gasteiger partial charge in [0.25, 0.3) is 0 Å². The van der Waals surface area contributed by atoms with E-state index in [-0.39, 0.29) is 0 Å². The average Bonchev–Trinajstić information content (AvgIpc) is 2.75. The van der Waals surface area contributed by atoms with E-state index in [0.717, 1.165) is 5.92 Å². The van der Waals surface area contributed by atoms with Gasteiger partial charge in [0.2, 0.25) is 0 Å². The number of nitrogens with zero attached hydrogens (tertiary/aromatic N) is 1. The van der Waals surface area contributed by atoms with E-state index in [1.165, 1.54) is 37.7 Å². The first-order chi connectivity index (χ1) is 8.53. The van der Waals surface area contributed by atoms with Crippen molar-refractivity contribution in [3.8, 4) is 0 Å². The topological polar surface area (TPSA) is 3.24 Å². The zero-order chi connectivity index (χ0) is 13.2. The van der Waals surface area contributed by atoms with E-state index in [1.807, 2.05) is 0 Å². The minimum Gasteiger partial charge on any atom is -0.264 e. The Kier molecular flexibility index (Phi) is 4.39. The summed E-state index contributed by atoms with van der Waals surface area (Å²) in [6, 6.07) is 0. The summed E-state index contributed by atoms with van der Waals surface area (Å²) in [5.74, 6) is 0.829. The second-order valence-electron chi connectivity index (χ2n) is 5.99. The molecule has 1 aliphatic heterocycles. The highest BCUT2D eigenvalue weighted by molar-refractivity contribution is 8.39. The van der Waals surface area contributed by atoms with E-state index in [9.17, 15) is 0 Å². The van der Waals surface area contributed by atoms with E-state index < -0.39 is 10.2 Å². The minimum atomic E-state index is -0.947. The summed E-state index contributed by atoms with van der Waals surface area (Å²) in [7, 11) is 3.47. The van der Waals surface area contributed by atoms with Gasteiger partial charge in [0, 0.05) is 0 Å². The zero-order valence-corrected chi connectivity index (χ0v) is 13.1. The van der Waals surface area contributed by atoms with Crippen molar-refractivity contribution in [1.29, 1.82) is 0 Å². The summed E-state index contributed by atoms with van der Waals surface area (Å²) in [6.45, 7) is 4.41. The van der Waals surface area contributed by atoms with Crippen LogP contribution in [0.4, 0.5) is 0 Å². The first-order valence-corrected chi connectivity index (χ1v) is 8.87. The molecule has 1 heterocycles. The van der Waals surface area contributed by atoms with Gasteiger partial charge in [0.1, 0.15) is 0 Å². The van der Waals surface area contributed by atoms with Crippen LogP contribution >= 0.6 is 10.2 Å². The van der Waals surface area contributed by atoms with E-state index in [2.05, 4.69) is 54.5 Å². The molecule has 2 heteroatoms. The molecule has 0 spiro atoms. The van der Waals surface area contributed by atoms with Gasteiger partial charge in [-0.1, -0.05) is 30.9 Å². The molecular weight excluding hydrogens is 238 g/mol. The summed E-state index contributed by atoms with van der Waals surface area (Å²) in [5, 5.41) is 7.47. The van der Waals surface area contributed by atoms with Gasteiger partial charge >= 0.3 is 0 Å². The van der Waals surface area contributed by atoms with Crippen molar-refractivity contribution >= 4 is 10.2 Å². The molecule has 0 radical (unpaired) electrons. The number of rotatable bonds is 3. The van der Waals surface area contributed by atoms with Crippen LogP contribution in [-0.2, 0) is 0 Å². The molecule has 1 unspecified atom stereocenters. The van der Waals surface area contributed by atoms with Gasteiger partial charge in [-0.3, -0.25) is 4.31 Å². The highest BCUT2D eigenvalue weighted by Crippen LogP contribution is 2.60. The molecule has 0 bridgehead atoms. The molecule has 0 aromatic rings. The number of allylic oxidation sites excluding steroid dienone is 3. The Labute approximate surface area is 114 Å². The molecule has 1 aliphatic carbocycles. The third-order valence-electron chi connectivity index (χ3n) is 3.94. The van der Waals surface area contributed by atoms with Crippen LogP contribution in [-0.4, -0.2) is 18.4 Å². The Morgan fingerprint density at radius 3 is 2.44 bits per heavy atom. The van der Waals surface area contributed by atoms with Crippen molar-refractivity contribution in [2.75, 3.05) is 14.1 Å². The highest BCUT2D eigenvalue weighted by atomic mass is 32.3. The maximum atomic E-state index is 2.57. The lowest BCUT2D eigenvalue weighted by Crippen LogP contribution is -2.13. The zero-order valence-electron chi connectivity index (χ0n) is 12.3. The van der Waals surface area contributed by atoms with E-state index in [4.69, 9.17) is 0 Å². The molecule has 102 valence electrons. The van der Waals surface area contributed by atoms with Gasteiger partial charge in [0.05, 0.1) is 0 Å². The van der Waals surface area contributed by atoms with Crippen LogP contribution in [0.3, 0.4) is 0 Å². The first-order valence-electron chi connectivity index (χ1n) is 7.09. The van der Waals surface area contributed by atoms with Crippen molar-refractivity contribution in [3.63, 3.8) is 0 Å². The Bertz CT molecular complexity index is 382. The molecule has 18 heavy (non-hydrogen) atoms. The molecule has 2 rings (SSSR count). The summed E-state index contributed by atoms with van der Waals surface area (Å²) in [4.78, 5) is 0. The van der Waals surface area contributed by atoms with Crippen LogP contribution in [0.25, 0.3) is 0 Å². The van der Waals surface area contributed by atoms with Crippen LogP contribution in [0.1, 0.15) is 46.0 Å². The van der Waals surface area contributed by atoms with Crippen LogP contribution in [0, 0.1) is 5.92 Å².